The predicted molar refractivity (Wildman–Crippen MR) is 52.1 cm³/mol. The average molecular weight is 180 g/mol. The topological polar surface area (TPSA) is 33.7 Å². The molecule has 0 saturated heterocycles. The highest BCUT2D eigenvalue weighted by Gasteiger charge is 2.30. The number of terminal acetylenes is 1. The van der Waals surface area contributed by atoms with Crippen LogP contribution in [0.25, 0.3) is 0 Å². The molecule has 72 valence electrons. The lowest BCUT2D eigenvalue weighted by atomic mass is 9.82. The highest BCUT2D eigenvalue weighted by molar-refractivity contribution is 5.78. The van der Waals surface area contributed by atoms with Crippen LogP contribution in [0.4, 0.5) is 0 Å². The van der Waals surface area contributed by atoms with Gasteiger partial charge in [0.1, 0.15) is 12.3 Å². The summed E-state index contributed by atoms with van der Waals surface area (Å²) < 4.78 is 0. The van der Waals surface area contributed by atoms with E-state index in [2.05, 4.69) is 11.2 Å². The summed E-state index contributed by atoms with van der Waals surface area (Å²) in [6.07, 6.45) is 9.85. The molecule has 0 bridgehead atoms. The maximum Gasteiger partial charge on any atom is 0.138 e. The maximum absolute atomic E-state index is 11.3. The van der Waals surface area contributed by atoms with Crippen LogP contribution in [0.2, 0.25) is 0 Å². The summed E-state index contributed by atoms with van der Waals surface area (Å²) in [5.74, 6) is 3.19. The standard InChI is InChI=1S/C11H17NO/c1-3-8-12-11-7-5-4-6-10(11)9(2)13/h1,10-12H,4-8H2,2H3/p+1/t10-,11-/m1/s1. The van der Waals surface area contributed by atoms with Gasteiger partial charge in [0, 0.05) is 6.42 Å². The van der Waals surface area contributed by atoms with E-state index in [1.807, 2.05) is 0 Å². The first-order chi connectivity index (χ1) is 6.25. The van der Waals surface area contributed by atoms with Crippen LogP contribution in [0.15, 0.2) is 0 Å². The monoisotopic (exact) mass is 180 g/mol. The number of carbonyl (C=O) groups is 1. The summed E-state index contributed by atoms with van der Waals surface area (Å²) in [5, 5.41) is 2.14. The molecular formula is C11H18NO+. The fourth-order valence-electron chi connectivity index (χ4n) is 2.17. The van der Waals surface area contributed by atoms with E-state index in [0.717, 1.165) is 12.8 Å². The van der Waals surface area contributed by atoms with Gasteiger partial charge in [-0.05, 0) is 25.7 Å². The van der Waals surface area contributed by atoms with E-state index in [1.165, 1.54) is 12.8 Å². The molecule has 2 nitrogen and oxygen atoms in total. The van der Waals surface area contributed by atoms with Crippen LogP contribution >= 0.6 is 0 Å². The number of hydrogen-bond donors (Lipinski definition) is 1. The van der Waals surface area contributed by atoms with Crippen LogP contribution < -0.4 is 5.32 Å². The van der Waals surface area contributed by atoms with Crippen LogP contribution in [0.3, 0.4) is 0 Å². The number of Topliss-reactive ketones (excluding diaryl/α,β-unsaturated/α-hetero) is 1. The van der Waals surface area contributed by atoms with Crippen molar-refractivity contribution in [3.63, 3.8) is 0 Å². The molecule has 0 radical (unpaired) electrons. The zero-order chi connectivity index (χ0) is 9.68. The third-order valence-electron chi connectivity index (χ3n) is 2.88. The molecule has 0 aromatic rings. The second-order valence-electron chi connectivity index (χ2n) is 3.81. The molecule has 0 spiro atoms. The van der Waals surface area contributed by atoms with Gasteiger partial charge >= 0.3 is 0 Å². The molecule has 0 aliphatic heterocycles. The van der Waals surface area contributed by atoms with Crippen molar-refractivity contribution in [2.45, 2.75) is 38.6 Å². The molecule has 0 amide bonds. The van der Waals surface area contributed by atoms with Gasteiger partial charge in [-0.2, -0.15) is 0 Å². The predicted octanol–water partition coefficient (Wildman–Crippen LogP) is 0.331. The van der Waals surface area contributed by atoms with Gasteiger partial charge in [0.2, 0.25) is 0 Å². The van der Waals surface area contributed by atoms with Gasteiger partial charge in [-0.1, -0.05) is 6.42 Å². The summed E-state index contributed by atoms with van der Waals surface area (Å²) in [7, 11) is 0. The first kappa shape index (κ1) is 10.3. The zero-order valence-electron chi connectivity index (χ0n) is 8.25. The second kappa shape index (κ2) is 5.04. The Kier molecular flexibility index (Phi) is 3.98. The highest BCUT2D eigenvalue weighted by atomic mass is 16.1. The summed E-state index contributed by atoms with van der Waals surface area (Å²) in [6.45, 7) is 2.40. The Balaban J connectivity index is 2.47. The fraction of sp³-hybridized carbons (Fsp3) is 0.727. The molecule has 1 fully saturated rings. The van der Waals surface area contributed by atoms with Crippen molar-refractivity contribution < 1.29 is 10.1 Å². The normalized spacial score (nSPS) is 28.0. The van der Waals surface area contributed by atoms with Crippen LogP contribution in [0, 0.1) is 18.3 Å². The minimum Gasteiger partial charge on any atom is -0.333 e. The molecule has 2 atom stereocenters. The minimum absolute atomic E-state index is 0.252. The Hall–Kier alpha value is -0.810. The lowest BCUT2D eigenvalue weighted by Crippen LogP contribution is -2.92. The smallest absolute Gasteiger partial charge is 0.138 e. The van der Waals surface area contributed by atoms with Crippen molar-refractivity contribution in [2.24, 2.45) is 5.92 Å². The molecule has 1 rings (SSSR count). The van der Waals surface area contributed by atoms with E-state index >= 15 is 0 Å². The molecule has 0 aromatic heterocycles. The molecule has 13 heavy (non-hydrogen) atoms. The third kappa shape index (κ3) is 2.86. The van der Waals surface area contributed by atoms with E-state index < -0.39 is 0 Å². The largest absolute Gasteiger partial charge is 0.333 e. The van der Waals surface area contributed by atoms with Gasteiger partial charge in [-0.25, -0.2) is 0 Å². The molecule has 2 N–H and O–H groups in total. The number of quaternary nitrogens is 1. The Morgan fingerprint density at radius 1 is 1.54 bits per heavy atom. The molecule has 0 heterocycles. The molecule has 0 aromatic carbocycles. The zero-order valence-corrected chi connectivity index (χ0v) is 8.25. The quantitative estimate of drug-likeness (QED) is 0.624. The van der Waals surface area contributed by atoms with E-state index in [0.29, 0.717) is 18.4 Å². The van der Waals surface area contributed by atoms with E-state index in [4.69, 9.17) is 6.42 Å². The van der Waals surface area contributed by atoms with E-state index in [-0.39, 0.29) is 5.92 Å². The Labute approximate surface area is 80.1 Å². The minimum atomic E-state index is 0.252. The van der Waals surface area contributed by atoms with E-state index in [1.54, 1.807) is 6.92 Å². The van der Waals surface area contributed by atoms with Gasteiger partial charge in [0.15, 0.2) is 0 Å². The molecule has 0 unspecified atom stereocenters. The summed E-state index contributed by atoms with van der Waals surface area (Å²) in [5.41, 5.74) is 0. The lowest BCUT2D eigenvalue weighted by Gasteiger charge is -2.27. The summed E-state index contributed by atoms with van der Waals surface area (Å²) >= 11 is 0. The van der Waals surface area contributed by atoms with Crippen molar-refractivity contribution in [2.75, 3.05) is 6.54 Å². The molecule has 2 heteroatoms. The van der Waals surface area contributed by atoms with Gasteiger partial charge in [-0.15, -0.1) is 6.42 Å². The van der Waals surface area contributed by atoms with Gasteiger partial charge in [0.05, 0.1) is 12.0 Å². The number of ketones is 1. The highest BCUT2D eigenvalue weighted by Crippen LogP contribution is 2.22. The van der Waals surface area contributed by atoms with Crippen molar-refractivity contribution in [1.82, 2.24) is 0 Å². The first-order valence-corrected chi connectivity index (χ1v) is 5.03. The number of hydrogen-bond acceptors (Lipinski definition) is 1. The van der Waals surface area contributed by atoms with Crippen LogP contribution in [-0.4, -0.2) is 18.4 Å². The van der Waals surface area contributed by atoms with Crippen LogP contribution in [0.1, 0.15) is 32.6 Å². The summed E-state index contributed by atoms with van der Waals surface area (Å²) in [4.78, 5) is 11.3. The Morgan fingerprint density at radius 2 is 2.23 bits per heavy atom. The van der Waals surface area contributed by atoms with Crippen molar-refractivity contribution >= 4 is 5.78 Å². The van der Waals surface area contributed by atoms with Crippen LogP contribution in [0.5, 0.6) is 0 Å². The number of rotatable bonds is 3. The molecular weight excluding hydrogens is 162 g/mol. The molecule has 1 aliphatic carbocycles. The Bertz CT molecular complexity index is 217. The number of nitrogens with two attached hydrogens (primary N) is 1. The van der Waals surface area contributed by atoms with Gasteiger partial charge < -0.3 is 5.32 Å². The fourth-order valence-corrected chi connectivity index (χ4v) is 2.17. The second-order valence-corrected chi connectivity index (χ2v) is 3.81. The van der Waals surface area contributed by atoms with Gasteiger partial charge in [-0.3, -0.25) is 4.79 Å². The lowest BCUT2D eigenvalue weighted by molar-refractivity contribution is -0.686. The number of carbonyl (C=O) groups excluding carboxylic acids is 1. The Morgan fingerprint density at radius 3 is 2.85 bits per heavy atom. The summed E-state index contributed by atoms with van der Waals surface area (Å²) in [6, 6.07) is 0.447. The van der Waals surface area contributed by atoms with E-state index in [9.17, 15) is 4.79 Å². The van der Waals surface area contributed by atoms with Crippen molar-refractivity contribution in [3.8, 4) is 12.3 Å². The SMILES string of the molecule is C#CC[NH2+][C@@H]1CCCC[C@@H]1C(C)=O. The molecule has 1 saturated carbocycles. The first-order valence-electron chi connectivity index (χ1n) is 5.03. The van der Waals surface area contributed by atoms with Crippen molar-refractivity contribution in [1.29, 1.82) is 0 Å². The van der Waals surface area contributed by atoms with Crippen LogP contribution in [-0.2, 0) is 4.79 Å². The maximum atomic E-state index is 11.3. The average Bonchev–Trinajstić information content (AvgIpc) is 2.15. The van der Waals surface area contributed by atoms with Crippen molar-refractivity contribution in [3.05, 3.63) is 0 Å². The molecule has 1 aliphatic rings. The van der Waals surface area contributed by atoms with Gasteiger partial charge in [0.25, 0.3) is 0 Å². The third-order valence-corrected chi connectivity index (χ3v) is 2.88.